The van der Waals surface area contributed by atoms with Gasteiger partial charge in [-0.3, -0.25) is 4.79 Å². The molecule has 0 aliphatic carbocycles. The van der Waals surface area contributed by atoms with E-state index in [0.717, 1.165) is 21.3 Å². The summed E-state index contributed by atoms with van der Waals surface area (Å²) in [6.07, 6.45) is 2.72. The van der Waals surface area contributed by atoms with Crippen LogP contribution in [-0.2, 0) is 4.79 Å². The Morgan fingerprint density at radius 1 is 1.56 bits per heavy atom. The van der Waals surface area contributed by atoms with Gasteiger partial charge in [-0.15, -0.1) is 11.3 Å². The van der Waals surface area contributed by atoms with Crippen molar-refractivity contribution in [2.45, 2.75) is 39.3 Å². The largest absolute Gasteiger partial charge is 0.347 e. The molecule has 1 aromatic heterocycles. The van der Waals surface area contributed by atoms with Gasteiger partial charge in [0.1, 0.15) is 0 Å². The van der Waals surface area contributed by atoms with Crippen molar-refractivity contribution in [3.8, 4) is 0 Å². The fourth-order valence-electron chi connectivity index (χ4n) is 1.71. The third kappa shape index (κ3) is 4.26. The van der Waals surface area contributed by atoms with Crippen molar-refractivity contribution < 1.29 is 4.79 Å². The summed E-state index contributed by atoms with van der Waals surface area (Å²) in [4.78, 5) is 17.4. The molecule has 1 unspecified atom stereocenters. The highest BCUT2D eigenvalue weighted by molar-refractivity contribution is 7.98. The van der Waals surface area contributed by atoms with Gasteiger partial charge in [0.05, 0.1) is 22.8 Å². The molecule has 1 heterocycles. The Morgan fingerprint density at radius 3 is 2.72 bits per heavy atom. The van der Waals surface area contributed by atoms with Gasteiger partial charge in [-0.25, -0.2) is 4.98 Å². The van der Waals surface area contributed by atoms with Gasteiger partial charge in [0, 0.05) is 4.88 Å². The lowest BCUT2D eigenvalue weighted by Gasteiger charge is -2.16. The fraction of sp³-hybridized carbons (Fsp3) is 0.667. The second-order valence-corrected chi connectivity index (χ2v) is 6.52. The van der Waals surface area contributed by atoms with Crippen LogP contribution in [0.2, 0.25) is 0 Å². The lowest BCUT2D eigenvalue weighted by Crippen LogP contribution is -2.41. The van der Waals surface area contributed by atoms with E-state index in [1.165, 1.54) is 0 Å². The van der Waals surface area contributed by atoms with Crippen LogP contribution in [0.3, 0.4) is 0 Å². The molecule has 0 aliphatic rings. The number of hydrogen-bond acceptors (Lipinski definition) is 5. The zero-order chi connectivity index (χ0) is 13.7. The monoisotopic (exact) mass is 287 g/mol. The molecule has 102 valence electrons. The van der Waals surface area contributed by atoms with Gasteiger partial charge in [0.2, 0.25) is 5.91 Å². The summed E-state index contributed by atoms with van der Waals surface area (Å²) in [6.45, 7) is 5.91. The normalized spacial score (nSPS) is 14.3. The second kappa shape index (κ2) is 7.11. The number of nitrogens with one attached hydrogen (secondary N) is 1. The predicted molar refractivity (Wildman–Crippen MR) is 79.1 cm³/mol. The van der Waals surface area contributed by atoms with E-state index in [1.807, 2.05) is 27.0 Å². The molecule has 0 spiro atoms. The fourth-order valence-corrected chi connectivity index (χ4v) is 3.13. The Labute approximate surface area is 117 Å². The molecule has 1 rings (SSSR count). The Kier molecular flexibility index (Phi) is 6.11. The first-order chi connectivity index (χ1) is 8.45. The van der Waals surface area contributed by atoms with E-state index in [9.17, 15) is 4.79 Å². The molecule has 1 amide bonds. The van der Waals surface area contributed by atoms with E-state index in [0.29, 0.717) is 6.42 Å². The summed E-state index contributed by atoms with van der Waals surface area (Å²) >= 11 is 3.32. The topological polar surface area (TPSA) is 68.0 Å². The predicted octanol–water partition coefficient (Wildman–Crippen LogP) is 2.02. The molecule has 0 radical (unpaired) electrons. The molecule has 0 aliphatic heterocycles. The van der Waals surface area contributed by atoms with Gasteiger partial charge in [0.15, 0.2) is 0 Å². The number of thiazole rings is 1. The lowest BCUT2D eigenvalue weighted by atomic mass is 10.2. The Morgan fingerprint density at radius 2 is 2.22 bits per heavy atom. The van der Waals surface area contributed by atoms with Crippen LogP contribution >= 0.6 is 23.1 Å². The van der Waals surface area contributed by atoms with E-state index in [4.69, 9.17) is 5.73 Å². The molecule has 0 saturated carbocycles. The van der Waals surface area contributed by atoms with Crippen LogP contribution < -0.4 is 11.1 Å². The van der Waals surface area contributed by atoms with E-state index in [-0.39, 0.29) is 11.9 Å². The number of carbonyl (C=O) groups is 1. The molecular formula is C12H21N3OS2. The van der Waals surface area contributed by atoms with E-state index >= 15 is 0 Å². The Balaban J connectivity index is 2.56. The van der Waals surface area contributed by atoms with Crippen LogP contribution in [0.4, 0.5) is 0 Å². The number of hydrogen-bond donors (Lipinski definition) is 2. The van der Waals surface area contributed by atoms with Crippen LogP contribution in [0, 0.1) is 13.8 Å². The summed E-state index contributed by atoms with van der Waals surface area (Å²) in [5.41, 5.74) is 6.82. The first-order valence-electron chi connectivity index (χ1n) is 5.94. The van der Waals surface area contributed by atoms with Crippen molar-refractivity contribution in [1.29, 1.82) is 0 Å². The quantitative estimate of drug-likeness (QED) is 0.840. The van der Waals surface area contributed by atoms with Crippen LogP contribution in [-0.4, -0.2) is 28.9 Å². The molecule has 0 saturated heterocycles. The zero-order valence-corrected chi connectivity index (χ0v) is 13.0. The van der Waals surface area contributed by atoms with Gasteiger partial charge < -0.3 is 11.1 Å². The molecule has 1 aromatic rings. The van der Waals surface area contributed by atoms with Crippen molar-refractivity contribution in [3.63, 3.8) is 0 Å². The molecule has 4 nitrogen and oxygen atoms in total. The average molecular weight is 287 g/mol. The number of thioether (sulfide) groups is 1. The van der Waals surface area contributed by atoms with Gasteiger partial charge in [-0.2, -0.15) is 11.8 Å². The zero-order valence-electron chi connectivity index (χ0n) is 11.3. The highest BCUT2D eigenvalue weighted by Gasteiger charge is 2.19. The molecule has 0 fully saturated rings. The van der Waals surface area contributed by atoms with E-state index < -0.39 is 6.04 Å². The van der Waals surface area contributed by atoms with Gasteiger partial charge in [-0.1, -0.05) is 0 Å². The molecular weight excluding hydrogens is 266 g/mol. The van der Waals surface area contributed by atoms with Crippen LogP contribution in [0.25, 0.3) is 0 Å². The summed E-state index contributed by atoms with van der Waals surface area (Å²) in [5.74, 6) is 0.823. The number of aromatic nitrogens is 1. The van der Waals surface area contributed by atoms with Crippen molar-refractivity contribution >= 4 is 29.0 Å². The third-order valence-electron chi connectivity index (χ3n) is 2.66. The van der Waals surface area contributed by atoms with Crippen LogP contribution in [0.5, 0.6) is 0 Å². The molecule has 0 aromatic carbocycles. The van der Waals surface area contributed by atoms with E-state index in [2.05, 4.69) is 10.3 Å². The molecule has 18 heavy (non-hydrogen) atoms. The Bertz CT molecular complexity index is 406. The number of nitrogens with zero attached hydrogens (tertiary/aromatic N) is 1. The van der Waals surface area contributed by atoms with Gasteiger partial charge in [0.25, 0.3) is 0 Å². The summed E-state index contributed by atoms with van der Waals surface area (Å²) in [6, 6.07) is -0.446. The molecule has 3 N–H and O–H groups in total. The second-order valence-electron chi connectivity index (χ2n) is 4.30. The molecule has 6 heteroatoms. The number of nitrogens with two attached hydrogens (primary N) is 1. The molecule has 0 bridgehead atoms. The molecule has 2 atom stereocenters. The highest BCUT2D eigenvalue weighted by Crippen LogP contribution is 2.24. The lowest BCUT2D eigenvalue weighted by molar-refractivity contribution is -0.123. The maximum absolute atomic E-state index is 11.9. The summed E-state index contributed by atoms with van der Waals surface area (Å²) < 4.78 is 0. The van der Waals surface area contributed by atoms with Gasteiger partial charge >= 0.3 is 0 Å². The smallest absolute Gasteiger partial charge is 0.237 e. The number of rotatable bonds is 6. The maximum Gasteiger partial charge on any atom is 0.237 e. The third-order valence-corrected chi connectivity index (χ3v) is 4.56. The minimum Gasteiger partial charge on any atom is -0.347 e. The van der Waals surface area contributed by atoms with Crippen molar-refractivity contribution in [2.75, 3.05) is 12.0 Å². The van der Waals surface area contributed by atoms with E-state index in [1.54, 1.807) is 23.1 Å². The average Bonchev–Trinajstić information content (AvgIpc) is 2.65. The standard InChI is InChI=1S/C12H21N3OS2/c1-7-11(18-9(3)14-7)8(2)15-12(16)10(13)5-6-17-4/h8,10H,5-6,13H2,1-4H3,(H,15,16)/t8?,10-/m0/s1. The van der Waals surface area contributed by atoms with Crippen molar-refractivity contribution in [1.82, 2.24) is 10.3 Å². The first-order valence-corrected chi connectivity index (χ1v) is 8.15. The van der Waals surface area contributed by atoms with Crippen molar-refractivity contribution in [2.24, 2.45) is 5.73 Å². The first kappa shape index (κ1) is 15.5. The minimum atomic E-state index is -0.422. The van der Waals surface area contributed by atoms with Gasteiger partial charge in [-0.05, 0) is 39.2 Å². The minimum absolute atomic E-state index is 0.0240. The SMILES string of the molecule is CSCC[C@H](N)C(=O)NC(C)c1sc(C)nc1C. The number of carbonyl (C=O) groups excluding carboxylic acids is 1. The van der Waals surface area contributed by atoms with Crippen LogP contribution in [0.1, 0.15) is 35.0 Å². The summed E-state index contributed by atoms with van der Waals surface area (Å²) in [7, 11) is 0. The summed E-state index contributed by atoms with van der Waals surface area (Å²) in [5, 5.41) is 3.98. The number of amides is 1. The highest BCUT2D eigenvalue weighted by atomic mass is 32.2. The number of aryl methyl sites for hydroxylation is 2. The van der Waals surface area contributed by atoms with Crippen LogP contribution in [0.15, 0.2) is 0 Å². The maximum atomic E-state index is 11.9. The Hall–Kier alpha value is -0.590. The van der Waals surface area contributed by atoms with Crippen molar-refractivity contribution in [3.05, 3.63) is 15.6 Å².